The average molecular weight is 370 g/mol. The monoisotopic (exact) mass is 369 g/mol. The third-order valence-corrected chi connectivity index (χ3v) is 4.87. The Morgan fingerprint density at radius 2 is 2.19 bits per heavy atom. The number of aromatic nitrogens is 3. The molecule has 2 aromatic heterocycles. The van der Waals surface area contributed by atoms with Gasteiger partial charge >= 0.3 is 0 Å². The number of piperidine rings is 1. The summed E-state index contributed by atoms with van der Waals surface area (Å²) in [4.78, 5) is 7.19. The topological polar surface area (TPSA) is 69.8 Å². The SMILES string of the molecule is C=CCN1CCC(NC(=NCCCc2nnc3ccccn23)NCC)CC1. The van der Waals surface area contributed by atoms with Gasteiger partial charge in [-0.1, -0.05) is 12.1 Å². The van der Waals surface area contributed by atoms with Gasteiger partial charge in [-0.25, -0.2) is 0 Å². The van der Waals surface area contributed by atoms with Crippen molar-refractivity contribution in [3.8, 4) is 0 Å². The van der Waals surface area contributed by atoms with E-state index in [0.717, 1.165) is 75.8 Å². The van der Waals surface area contributed by atoms with Gasteiger partial charge in [0.05, 0.1) is 0 Å². The molecule has 1 aliphatic heterocycles. The van der Waals surface area contributed by atoms with Crippen molar-refractivity contribution in [1.82, 2.24) is 30.1 Å². The van der Waals surface area contributed by atoms with Crippen molar-refractivity contribution in [1.29, 1.82) is 0 Å². The maximum absolute atomic E-state index is 4.75. The Kier molecular flexibility index (Phi) is 7.21. The van der Waals surface area contributed by atoms with E-state index in [-0.39, 0.29) is 0 Å². The minimum atomic E-state index is 0.490. The summed E-state index contributed by atoms with van der Waals surface area (Å²) in [5.74, 6) is 1.92. The lowest BCUT2D eigenvalue weighted by Gasteiger charge is -2.32. The van der Waals surface area contributed by atoms with Crippen LogP contribution < -0.4 is 10.6 Å². The third kappa shape index (κ3) is 5.53. The zero-order valence-electron chi connectivity index (χ0n) is 16.3. The van der Waals surface area contributed by atoms with Gasteiger partial charge < -0.3 is 10.6 Å². The van der Waals surface area contributed by atoms with Gasteiger partial charge in [-0.3, -0.25) is 14.3 Å². The number of nitrogens with one attached hydrogen (secondary N) is 2. The number of pyridine rings is 1. The molecule has 7 nitrogen and oxygen atoms in total. The molecule has 0 atom stereocenters. The van der Waals surface area contributed by atoms with Crippen molar-refractivity contribution in [3.05, 3.63) is 42.9 Å². The van der Waals surface area contributed by atoms with Crippen molar-refractivity contribution in [2.24, 2.45) is 4.99 Å². The van der Waals surface area contributed by atoms with Crippen LogP contribution in [0, 0.1) is 0 Å². The van der Waals surface area contributed by atoms with Gasteiger partial charge in [-0.05, 0) is 38.3 Å². The molecule has 0 aliphatic carbocycles. The van der Waals surface area contributed by atoms with E-state index in [4.69, 9.17) is 4.99 Å². The maximum Gasteiger partial charge on any atom is 0.191 e. The molecule has 27 heavy (non-hydrogen) atoms. The molecule has 2 aromatic rings. The highest BCUT2D eigenvalue weighted by atomic mass is 15.2. The quantitative estimate of drug-likeness (QED) is 0.322. The van der Waals surface area contributed by atoms with E-state index in [0.29, 0.717) is 6.04 Å². The molecule has 0 unspecified atom stereocenters. The summed E-state index contributed by atoms with van der Waals surface area (Å²) in [6.45, 7) is 10.8. The summed E-state index contributed by atoms with van der Waals surface area (Å²) in [5.41, 5.74) is 0.897. The minimum absolute atomic E-state index is 0.490. The van der Waals surface area contributed by atoms with Crippen molar-refractivity contribution in [2.45, 2.75) is 38.6 Å². The number of guanidine groups is 1. The Hall–Kier alpha value is -2.41. The molecule has 0 saturated carbocycles. The lowest BCUT2D eigenvalue weighted by Crippen LogP contribution is -2.48. The van der Waals surface area contributed by atoms with E-state index in [2.05, 4.69) is 39.2 Å². The molecule has 7 heteroatoms. The van der Waals surface area contributed by atoms with E-state index in [1.54, 1.807) is 0 Å². The molecule has 0 spiro atoms. The first kappa shape index (κ1) is 19.4. The number of hydrogen-bond donors (Lipinski definition) is 2. The zero-order valence-corrected chi connectivity index (χ0v) is 16.3. The van der Waals surface area contributed by atoms with E-state index >= 15 is 0 Å². The van der Waals surface area contributed by atoms with Crippen LogP contribution in [0.5, 0.6) is 0 Å². The maximum atomic E-state index is 4.75. The fourth-order valence-corrected chi connectivity index (χ4v) is 3.45. The summed E-state index contributed by atoms with van der Waals surface area (Å²) in [5, 5.41) is 15.4. The molecule has 0 amide bonds. The summed E-state index contributed by atoms with van der Waals surface area (Å²) >= 11 is 0. The average Bonchev–Trinajstić information content (AvgIpc) is 3.10. The zero-order chi connectivity index (χ0) is 18.9. The second kappa shape index (κ2) is 10.1. The van der Waals surface area contributed by atoms with Gasteiger partial charge in [0.15, 0.2) is 11.6 Å². The lowest BCUT2D eigenvalue weighted by atomic mass is 10.1. The largest absolute Gasteiger partial charge is 0.357 e. The fourth-order valence-electron chi connectivity index (χ4n) is 3.45. The molecular weight excluding hydrogens is 338 g/mol. The van der Waals surface area contributed by atoms with Crippen molar-refractivity contribution in [2.75, 3.05) is 32.7 Å². The van der Waals surface area contributed by atoms with Crippen LogP contribution in [0.15, 0.2) is 42.0 Å². The van der Waals surface area contributed by atoms with Crippen LogP contribution in [0.1, 0.15) is 32.0 Å². The van der Waals surface area contributed by atoms with Gasteiger partial charge in [-0.15, -0.1) is 16.8 Å². The second-order valence-electron chi connectivity index (χ2n) is 6.92. The Morgan fingerprint density at radius 1 is 1.33 bits per heavy atom. The third-order valence-electron chi connectivity index (χ3n) is 4.87. The Labute approximate surface area is 161 Å². The number of hydrogen-bond acceptors (Lipinski definition) is 4. The molecular formula is C20H31N7. The summed E-state index contributed by atoms with van der Waals surface area (Å²) in [6, 6.07) is 6.45. The van der Waals surface area contributed by atoms with E-state index in [1.165, 1.54) is 0 Å². The molecule has 0 aromatic carbocycles. The Bertz CT molecular complexity index is 744. The molecule has 146 valence electrons. The molecule has 2 N–H and O–H groups in total. The van der Waals surface area contributed by atoms with Crippen molar-refractivity contribution >= 4 is 11.6 Å². The molecule has 1 saturated heterocycles. The van der Waals surface area contributed by atoms with Crippen LogP contribution in [0.25, 0.3) is 5.65 Å². The van der Waals surface area contributed by atoms with Gasteiger partial charge in [0.25, 0.3) is 0 Å². The molecule has 1 fully saturated rings. The predicted molar refractivity (Wildman–Crippen MR) is 110 cm³/mol. The first-order valence-electron chi connectivity index (χ1n) is 9.97. The number of likely N-dealkylation sites (tertiary alicyclic amines) is 1. The number of aliphatic imine (C=N–C) groups is 1. The smallest absolute Gasteiger partial charge is 0.191 e. The fraction of sp³-hybridized carbons (Fsp3) is 0.550. The highest BCUT2D eigenvalue weighted by molar-refractivity contribution is 5.80. The number of aryl methyl sites for hydroxylation is 1. The molecule has 0 bridgehead atoms. The van der Waals surface area contributed by atoms with E-state index in [9.17, 15) is 0 Å². The van der Waals surface area contributed by atoms with Crippen molar-refractivity contribution < 1.29 is 0 Å². The predicted octanol–water partition coefficient (Wildman–Crippen LogP) is 1.87. The van der Waals surface area contributed by atoms with Gasteiger partial charge in [0, 0.05) is 51.4 Å². The normalized spacial score (nSPS) is 16.6. The van der Waals surface area contributed by atoms with Crippen LogP contribution in [0.4, 0.5) is 0 Å². The van der Waals surface area contributed by atoms with Gasteiger partial charge in [0.1, 0.15) is 5.82 Å². The second-order valence-corrected chi connectivity index (χ2v) is 6.92. The number of nitrogens with zero attached hydrogens (tertiary/aromatic N) is 5. The number of rotatable bonds is 8. The van der Waals surface area contributed by atoms with Gasteiger partial charge in [-0.2, -0.15) is 0 Å². The van der Waals surface area contributed by atoms with Crippen LogP contribution in [-0.2, 0) is 6.42 Å². The molecule has 3 heterocycles. The standard InChI is InChI=1S/C20H31N7/c1-3-13-26-15-10-17(11-16-26)23-20(21-4-2)22-12-7-9-19-25-24-18-8-5-6-14-27(18)19/h3,5-6,8,14,17H,1,4,7,9-13,15-16H2,2H3,(H2,21,22,23). The Balaban J connectivity index is 1.47. The molecule has 1 aliphatic rings. The highest BCUT2D eigenvalue weighted by Crippen LogP contribution is 2.10. The highest BCUT2D eigenvalue weighted by Gasteiger charge is 2.18. The van der Waals surface area contributed by atoms with Crippen molar-refractivity contribution in [3.63, 3.8) is 0 Å². The first-order valence-corrected chi connectivity index (χ1v) is 9.97. The summed E-state index contributed by atoms with van der Waals surface area (Å²) in [6.07, 6.45) is 8.10. The van der Waals surface area contributed by atoms with Crippen LogP contribution in [0.3, 0.4) is 0 Å². The summed E-state index contributed by atoms with van der Waals surface area (Å²) < 4.78 is 2.05. The Morgan fingerprint density at radius 3 is 2.96 bits per heavy atom. The molecule has 3 rings (SSSR count). The van der Waals surface area contributed by atoms with E-state index in [1.807, 2.05) is 34.9 Å². The molecule has 0 radical (unpaired) electrons. The summed E-state index contributed by atoms with van der Waals surface area (Å²) in [7, 11) is 0. The van der Waals surface area contributed by atoms with Gasteiger partial charge in [0.2, 0.25) is 0 Å². The van der Waals surface area contributed by atoms with Crippen LogP contribution in [0.2, 0.25) is 0 Å². The minimum Gasteiger partial charge on any atom is -0.357 e. The number of fused-ring (bicyclic) bond motifs is 1. The van der Waals surface area contributed by atoms with Crippen LogP contribution in [-0.4, -0.2) is 64.2 Å². The first-order chi connectivity index (χ1) is 13.3. The van der Waals surface area contributed by atoms with Crippen LogP contribution >= 0.6 is 0 Å². The lowest BCUT2D eigenvalue weighted by molar-refractivity contribution is 0.225. The van der Waals surface area contributed by atoms with E-state index < -0.39 is 0 Å².